The second kappa shape index (κ2) is 4.68. The zero-order valence-electron chi connectivity index (χ0n) is 8.90. The van der Waals surface area contributed by atoms with Gasteiger partial charge < -0.3 is 11.1 Å². The average molecular weight is 269 g/mol. The first kappa shape index (κ1) is 11.8. The number of carbonyl (C=O) groups is 1. The van der Waals surface area contributed by atoms with Crippen molar-refractivity contribution >= 4 is 39.7 Å². The van der Waals surface area contributed by atoms with E-state index in [1.54, 1.807) is 24.4 Å². The molecule has 88 valence electrons. The summed E-state index contributed by atoms with van der Waals surface area (Å²) in [7, 11) is 0. The number of nitrogens with zero attached hydrogens (tertiary/aromatic N) is 2. The van der Waals surface area contributed by atoms with Crippen molar-refractivity contribution in [3.63, 3.8) is 0 Å². The molecule has 5 nitrogen and oxygen atoms in total. The largest absolute Gasteiger partial charge is 0.375 e. The van der Waals surface area contributed by atoms with Crippen LogP contribution in [0.1, 0.15) is 16.2 Å². The SMILES string of the molecule is Cc1nc(Cl)ccc1NC(=O)c1csc(N)n1. The second-order valence-corrected chi connectivity index (χ2v) is 4.57. The van der Waals surface area contributed by atoms with E-state index in [0.717, 1.165) is 0 Å². The average Bonchev–Trinajstić information content (AvgIpc) is 2.69. The number of pyridine rings is 1. The van der Waals surface area contributed by atoms with E-state index < -0.39 is 0 Å². The summed E-state index contributed by atoms with van der Waals surface area (Å²) in [6.07, 6.45) is 0. The maximum atomic E-state index is 11.8. The van der Waals surface area contributed by atoms with Crippen LogP contribution in [0.3, 0.4) is 0 Å². The number of amides is 1. The molecule has 7 heteroatoms. The maximum absolute atomic E-state index is 11.8. The van der Waals surface area contributed by atoms with Gasteiger partial charge in [0.2, 0.25) is 0 Å². The second-order valence-electron chi connectivity index (χ2n) is 3.29. The third kappa shape index (κ3) is 2.72. The predicted octanol–water partition coefficient (Wildman–Crippen LogP) is 2.33. The van der Waals surface area contributed by atoms with E-state index >= 15 is 0 Å². The number of hydrogen-bond acceptors (Lipinski definition) is 5. The molecule has 0 radical (unpaired) electrons. The van der Waals surface area contributed by atoms with Crippen molar-refractivity contribution < 1.29 is 4.79 Å². The van der Waals surface area contributed by atoms with Gasteiger partial charge in [-0.25, -0.2) is 9.97 Å². The van der Waals surface area contributed by atoms with E-state index in [1.165, 1.54) is 11.3 Å². The van der Waals surface area contributed by atoms with Crippen LogP contribution in [0.15, 0.2) is 17.5 Å². The number of halogens is 1. The third-order valence-electron chi connectivity index (χ3n) is 2.05. The molecule has 3 N–H and O–H groups in total. The highest BCUT2D eigenvalue weighted by atomic mass is 35.5. The Hall–Kier alpha value is -1.66. The van der Waals surface area contributed by atoms with Gasteiger partial charge in [-0.15, -0.1) is 11.3 Å². The zero-order valence-corrected chi connectivity index (χ0v) is 10.5. The topological polar surface area (TPSA) is 80.9 Å². The number of nitrogen functional groups attached to an aromatic ring is 1. The molecular formula is C10H9ClN4OS. The molecule has 2 aromatic heterocycles. The summed E-state index contributed by atoms with van der Waals surface area (Å²) in [6, 6.07) is 3.30. The minimum Gasteiger partial charge on any atom is -0.375 e. The number of aryl methyl sites for hydroxylation is 1. The van der Waals surface area contributed by atoms with Crippen molar-refractivity contribution in [1.82, 2.24) is 9.97 Å². The Morgan fingerprint density at radius 1 is 1.47 bits per heavy atom. The Balaban J connectivity index is 2.18. The van der Waals surface area contributed by atoms with Crippen molar-refractivity contribution in [3.05, 3.63) is 34.1 Å². The van der Waals surface area contributed by atoms with E-state index in [-0.39, 0.29) is 5.91 Å². The van der Waals surface area contributed by atoms with Gasteiger partial charge in [0.05, 0.1) is 11.4 Å². The van der Waals surface area contributed by atoms with Crippen LogP contribution >= 0.6 is 22.9 Å². The van der Waals surface area contributed by atoms with Gasteiger partial charge in [0.1, 0.15) is 10.8 Å². The summed E-state index contributed by atoms with van der Waals surface area (Å²) in [5.41, 5.74) is 7.00. The first-order chi connectivity index (χ1) is 8.06. The van der Waals surface area contributed by atoms with Gasteiger partial charge in [-0.2, -0.15) is 0 Å². The lowest BCUT2D eigenvalue weighted by Crippen LogP contribution is -2.13. The van der Waals surface area contributed by atoms with E-state index in [4.69, 9.17) is 17.3 Å². The third-order valence-corrected chi connectivity index (χ3v) is 2.94. The molecule has 0 aromatic carbocycles. The van der Waals surface area contributed by atoms with E-state index in [9.17, 15) is 4.79 Å². The number of anilines is 2. The summed E-state index contributed by atoms with van der Waals surface area (Å²) < 4.78 is 0. The molecule has 2 heterocycles. The molecule has 0 bridgehead atoms. The summed E-state index contributed by atoms with van der Waals surface area (Å²) in [4.78, 5) is 19.7. The number of nitrogens with one attached hydrogen (secondary N) is 1. The van der Waals surface area contributed by atoms with Crippen LogP contribution < -0.4 is 11.1 Å². The summed E-state index contributed by atoms with van der Waals surface area (Å²) in [5, 5.41) is 5.05. The lowest BCUT2D eigenvalue weighted by molar-refractivity contribution is 0.102. The Morgan fingerprint density at radius 2 is 2.24 bits per heavy atom. The molecule has 0 spiro atoms. The summed E-state index contributed by atoms with van der Waals surface area (Å²) in [6.45, 7) is 1.76. The van der Waals surface area contributed by atoms with Gasteiger partial charge in [-0.1, -0.05) is 11.6 Å². The van der Waals surface area contributed by atoms with Gasteiger partial charge in [0.15, 0.2) is 5.13 Å². The Morgan fingerprint density at radius 3 is 2.82 bits per heavy atom. The van der Waals surface area contributed by atoms with Gasteiger partial charge >= 0.3 is 0 Å². The van der Waals surface area contributed by atoms with Crippen LogP contribution in [0, 0.1) is 6.92 Å². The smallest absolute Gasteiger partial charge is 0.275 e. The molecule has 0 aliphatic heterocycles. The van der Waals surface area contributed by atoms with Crippen molar-refractivity contribution in [2.24, 2.45) is 0 Å². The summed E-state index contributed by atoms with van der Waals surface area (Å²) >= 11 is 6.94. The molecular weight excluding hydrogens is 260 g/mol. The number of nitrogens with two attached hydrogens (primary N) is 1. The summed E-state index contributed by atoms with van der Waals surface area (Å²) in [5.74, 6) is -0.315. The van der Waals surface area contributed by atoms with Crippen LogP contribution in [-0.4, -0.2) is 15.9 Å². The lowest BCUT2D eigenvalue weighted by Gasteiger charge is -2.06. The standard InChI is InChI=1S/C10H9ClN4OS/c1-5-6(2-3-8(11)13-5)14-9(16)7-4-17-10(12)15-7/h2-4H,1H3,(H2,12,15)(H,14,16). The molecule has 0 saturated carbocycles. The van der Waals surface area contributed by atoms with E-state index in [0.29, 0.717) is 27.4 Å². The lowest BCUT2D eigenvalue weighted by atomic mass is 10.3. The minimum absolute atomic E-state index is 0.293. The maximum Gasteiger partial charge on any atom is 0.275 e. The molecule has 0 unspecified atom stereocenters. The molecule has 2 rings (SSSR count). The van der Waals surface area contributed by atoms with Gasteiger partial charge in [0, 0.05) is 5.38 Å². The van der Waals surface area contributed by atoms with Gasteiger partial charge in [0.25, 0.3) is 5.91 Å². The predicted molar refractivity (Wildman–Crippen MR) is 68.5 cm³/mol. The Labute approximate surface area is 107 Å². The molecule has 0 fully saturated rings. The zero-order chi connectivity index (χ0) is 12.4. The molecule has 1 amide bonds. The Bertz CT molecular complexity index is 569. The molecule has 2 aromatic rings. The highest BCUT2D eigenvalue weighted by molar-refractivity contribution is 7.13. The fourth-order valence-electron chi connectivity index (χ4n) is 1.24. The monoisotopic (exact) mass is 268 g/mol. The normalized spacial score (nSPS) is 10.2. The van der Waals surface area contributed by atoms with Crippen molar-refractivity contribution in [3.8, 4) is 0 Å². The van der Waals surface area contributed by atoms with Crippen molar-refractivity contribution in [2.75, 3.05) is 11.1 Å². The molecule has 0 saturated heterocycles. The quantitative estimate of drug-likeness (QED) is 0.819. The number of rotatable bonds is 2. The number of hydrogen-bond donors (Lipinski definition) is 2. The first-order valence-electron chi connectivity index (χ1n) is 4.72. The van der Waals surface area contributed by atoms with Crippen LogP contribution in [0.25, 0.3) is 0 Å². The van der Waals surface area contributed by atoms with E-state index in [2.05, 4.69) is 15.3 Å². The molecule has 0 aliphatic rings. The molecule has 0 atom stereocenters. The van der Waals surface area contributed by atoms with Crippen LogP contribution in [-0.2, 0) is 0 Å². The number of aromatic nitrogens is 2. The van der Waals surface area contributed by atoms with Crippen molar-refractivity contribution in [2.45, 2.75) is 6.92 Å². The highest BCUT2D eigenvalue weighted by Crippen LogP contribution is 2.17. The van der Waals surface area contributed by atoms with Gasteiger partial charge in [-0.3, -0.25) is 4.79 Å². The first-order valence-corrected chi connectivity index (χ1v) is 5.97. The van der Waals surface area contributed by atoms with Gasteiger partial charge in [-0.05, 0) is 19.1 Å². The number of carbonyl (C=O) groups excluding carboxylic acids is 1. The minimum atomic E-state index is -0.315. The highest BCUT2D eigenvalue weighted by Gasteiger charge is 2.11. The van der Waals surface area contributed by atoms with Crippen LogP contribution in [0.5, 0.6) is 0 Å². The van der Waals surface area contributed by atoms with Crippen LogP contribution in [0.4, 0.5) is 10.8 Å². The molecule has 0 aliphatic carbocycles. The molecule has 17 heavy (non-hydrogen) atoms. The van der Waals surface area contributed by atoms with Crippen molar-refractivity contribution in [1.29, 1.82) is 0 Å². The fraction of sp³-hybridized carbons (Fsp3) is 0.100. The number of thiazole rings is 1. The fourth-order valence-corrected chi connectivity index (χ4v) is 1.97. The Kier molecular flexibility index (Phi) is 3.26. The van der Waals surface area contributed by atoms with E-state index in [1.807, 2.05) is 0 Å². The van der Waals surface area contributed by atoms with Crippen LogP contribution in [0.2, 0.25) is 5.15 Å².